The topological polar surface area (TPSA) is 26.3 Å². The first-order valence-corrected chi connectivity index (χ1v) is 23.4. The van der Waals surface area contributed by atoms with Crippen molar-refractivity contribution in [2.75, 3.05) is 0 Å². The fourth-order valence-electron chi connectivity index (χ4n) is 9.23. The quantitative estimate of drug-likeness (QED) is 0.173. The van der Waals surface area contributed by atoms with Crippen LogP contribution in [0.2, 0.25) is 0 Å². The Morgan fingerprint density at radius 2 is 0.909 bits per heavy atom. The normalized spacial score (nSPS) is 16.6. The number of rotatable bonds is 6. The summed E-state index contributed by atoms with van der Waals surface area (Å²) in [6.45, 7) is 17.9. The van der Waals surface area contributed by atoms with Gasteiger partial charge in [0.1, 0.15) is 0 Å². The molecule has 0 amide bonds. The number of allylic oxidation sites excluding steroid dienone is 2. The van der Waals surface area contributed by atoms with Gasteiger partial charge >= 0.3 is 324 Å². The van der Waals surface area contributed by atoms with Gasteiger partial charge in [-0.15, -0.1) is 0 Å². The van der Waals surface area contributed by atoms with Gasteiger partial charge < -0.3 is 24.8 Å². The zero-order valence-corrected chi connectivity index (χ0v) is 37.1. The second-order valence-electron chi connectivity index (χ2n) is 15.8. The second kappa shape index (κ2) is 15.3. The second-order valence-corrected chi connectivity index (χ2v) is 22.6. The Balaban J connectivity index is 0.00000233. The molecule has 3 aliphatic rings. The third kappa shape index (κ3) is 6.49. The van der Waals surface area contributed by atoms with E-state index >= 15 is 0 Å². The molecule has 2 heterocycles. The van der Waals surface area contributed by atoms with Gasteiger partial charge in [0.2, 0.25) is 0 Å². The number of benzene rings is 4. The average molecular weight is 843 g/mol. The number of furan rings is 2. The first-order valence-electron chi connectivity index (χ1n) is 19.3. The molecule has 0 bridgehead atoms. The van der Waals surface area contributed by atoms with Crippen LogP contribution in [-0.4, -0.2) is 3.21 Å². The molecular weight excluding hydrogens is 795 g/mol. The molecule has 4 aromatic carbocycles. The molecule has 5 heteroatoms. The van der Waals surface area contributed by atoms with E-state index < -0.39 is 21.3 Å². The van der Waals surface area contributed by atoms with E-state index in [1.54, 1.807) is 0 Å². The van der Waals surface area contributed by atoms with E-state index in [1.807, 2.05) is 3.21 Å². The van der Waals surface area contributed by atoms with Gasteiger partial charge in [-0.1, -0.05) is 0 Å². The number of hydrogen-bond acceptors (Lipinski definition) is 2. The van der Waals surface area contributed by atoms with Gasteiger partial charge in [0.15, 0.2) is 0 Å². The van der Waals surface area contributed by atoms with E-state index in [0.717, 1.165) is 23.0 Å². The Bertz CT molecular complexity index is 2350. The minimum Gasteiger partial charge on any atom is -1.00 e. The van der Waals surface area contributed by atoms with E-state index in [1.165, 1.54) is 108 Å². The van der Waals surface area contributed by atoms with Gasteiger partial charge in [-0.05, 0) is 0 Å². The fraction of sp³-hybridized carbons (Fsp3) is 0.260. The molecule has 2 nitrogen and oxygen atoms in total. The van der Waals surface area contributed by atoms with Gasteiger partial charge in [0.25, 0.3) is 0 Å². The summed E-state index contributed by atoms with van der Waals surface area (Å²) in [6, 6.07) is 31.9. The van der Waals surface area contributed by atoms with E-state index in [2.05, 4.69) is 152 Å². The molecule has 0 radical (unpaired) electrons. The monoisotopic (exact) mass is 840 g/mol. The van der Waals surface area contributed by atoms with Crippen molar-refractivity contribution in [1.82, 2.24) is 0 Å². The molecule has 3 aliphatic carbocycles. The van der Waals surface area contributed by atoms with Gasteiger partial charge in [-0.3, -0.25) is 0 Å². The Morgan fingerprint density at radius 1 is 0.509 bits per heavy atom. The summed E-state index contributed by atoms with van der Waals surface area (Å²) in [6.07, 6.45) is 8.86. The van der Waals surface area contributed by atoms with Crippen LogP contribution in [0.25, 0.3) is 45.6 Å². The molecule has 0 spiro atoms. The van der Waals surface area contributed by atoms with E-state index in [-0.39, 0.29) is 24.8 Å². The molecule has 2 aromatic heterocycles. The van der Waals surface area contributed by atoms with Crippen molar-refractivity contribution >= 4 is 26.5 Å². The van der Waals surface area contributed by atoms with E-state index in [4.69, 9.17) is 8.83 Å². The van der Waals surface area contributed by atoms with E-state index in [0.29, 0.717) is 7.25 Å². The van der Waals surface area contributed by atoms with Crippen LogP contribution in [-0.2, 0) is 21.3 Å². The van der Waals surface area contributed by atoms with Crippen LogP contribution in [0.15, 0.2) is 93.8 Å². The Labute approximate surface area is 346 Å². The van der Waals surface area contributed by atoms with Crippen molar-refractivity contribution in [1.29, 1.82) is 0 Å². The number of aryl methyl sites for hydroxylation is 6. The maximum absolute atomic E-state index is 6.74. The minimum absolute atomic E-state index is 0. The van der Waals surface area contributed by atoms with Crippen molar-refractivity contribution in [3.8, 4) is 22.3 Å². The number of halogens is 2. The van der Waals surface area contributed by atoms with Gasteiger partial charge in [-0.2, -0.15) is 0 Å². The van der Waals surface area contributed by atoms with Crippen LogP contribution in [0, 0.1) is 55.4 Å². The molecule has 9 rings (SSSR count). The zero-order chi connectivity index (χ0) is 36.7. The summed E-state index contributed by atoms with van der Waals surface area (Å²) in [5.41, 5.74) is 21.8. The van der Waals surface area contributed by atoms with Crippen molar-refractivity contribution in [2.24, 2.45) is 0 Å². The average Bonchev–Trinajstić information content (AvgIpc) is 3.87. The summed E-state index contributed by atoms with van der Waals surface area (Å²) in [7, 11) is 0. The third-order valence-corrected chi connectivity index (χ3v) is 22.0. The van der Waals surface area contributed by atoms with Crippen molar-refractivity contribution in [2.45, 2.75) is 81.9 Å². The first-order chi connectivity index (χ1) is 25.6. The molecule has 0 saturated heterocycles. The number of hydrogen-bond donors (Lipinski definition) is 0. The van der Waals surface area contributed by atoms with E-state index in [9.17, 15) is 0 Å². The van der Waals surface area contributed by atoms with Gasteiger partial charge in [-0.25, -0.2) is 0 Å². The molecule has 2 unspecified atom stereocenters. The molecule has 2 atom stereocenters. The smallest absolute Gasteiger partial charge is 1.00 e. The molecule has 1 fully saturated rings. The Kier molecular flexibility index (Phi) is 11.0. The van der Waals surface area contributed by atoms with Crippen LogP contribution in [0.4, 0.5) is 0 Å². The summed E-state index contributed by atoms with van der Waals surface area (Å²) in [4.78, 5) is 0. The Hall–Kier alpha value is -3.75. The number of fused-ring (bicyclic) bond motifs is 2. The van der Waals surface area contributed by atoms with Crippen LogP contribution in [0.1, 0.15) is 105 Å². The largest absolute Gasteiger partial charge is 1.00 e. The molecule has 0 aliphatic heterocycles. The molecule has 0 N–H and O–H groups in total. The Morgan fingerprint density at radius 3 is 1.24 bits per heavy atom. The van der Waals surface area contributed by atoms with Gasteiger partial charge in [0.05, 0.1) is 0 Å². The van der Waals surface area contributed by atoms with Crippen molar-refractivity contribution in [3.05, 3.63) is 164 Å². The van der Waals surface area contributed by atoms with Crippen LogP contribution in [0.3, 0.4) is 0 Å². The summed E-state index contributed by atoms with van der Waals surface area (Å²) in [5.74, 6) is 4.12. The van der Waals surface area contributed by atoms with Crippen LogP contribution in [0.5, 0.6) is 0 Å². The van der Waals surface area contributed by atoms with Gasteiger partial charge in [0, 0.05) is 0 Å². The van der Waals surface area contributed by atoms with Crippen LogP contribution < -0.4 is 24.8 Å². The zero-order valence-electron chi connectivity index (χ0n) is 33.1. The predicted octanol–water partition coefficient (Wildman–Crippen LogP) is 7.55. The maximum Gasteiger partial charge on any atom is -1.00 e. The maximum atomic E-state index is 6.74. The predicted molar refractivity (Wildman–Crippen MR) is 219 cm³/mol. The van der Waals surface area contributed by atoms with Crippen molar-refractivity contribution < 1.29 is 54.9 Å². The molecule has 55 heavy (non-hydrogen) atoms. The summed E-state index contributed by atoms with van der Waals surface area (Å²) in [5, 5.41) is 0. The summed E-state index contributed by atoms with van der Waals surface area (Å²) < 4.78 is 16.0. The first kappa shape index (κ1) is 39.5. The van der Waals surface area contributed by atoms with Crippen molar-refractivity contribution in [3.63, 3.8) is 0 Å². The molecule has 6 aromatic rings. The molecule has 278 valence electrons. The fourth-order valence-corrected chi connectivity index (χ4v) is 19.9. The minimum atomic E-state index is -2.82. The molecular formula is C50H48Cl2O2Zr. The van der Waals surface area contributed by atoms with Crippen LogP contribution >= 0.6 is 0 Å². The standard InChI is InChI=1S/2C23H21O.C4H6.2ClH.Zr/c2*1-14-10-19-12-20(22-11-15(2)17(4)24-22)13-21(19)23(16(14)3)18-8-6-5-7-9-18;1-2-4-3-1;;;/h2*5-13H,1-4H3;1-3H2;2*1H;/q;;;;;+2/p-2. The SMILES string of the molecule is Cc1cc(C2=Cc3c(cc(C)c(C)c3-c3ccccc3)[CH]2[Zr+2](=[C]2CCC2)[CH]2C(c3cc(C)c(C)o3)=Cc3c2cc(C)c(C)c3-c2ccccc2)oc1C.[Cl-].[Cl-]. The third-order valence-electron chi connectivity index (χ3n) is 12.7. The summed E-state index contributed by atoms with van der Waals surface area (Å²) >= 11 is -2.82. The molecule has 1 saturated carbocycles.